The van der Waals surface area contributed by atoms with Gasteiger partial charge in [0.1, 0.15) is 0 Å². The van der Waals surface area contributed by atoms with Crippen molar-refractivity contribution < 1.29 is 0 Å². The fourth-order valence-electron chi connectivity index (χ4n) is 2.37. The highest BCUT2D eigenvalue weighted by Gasteiger charge is 1.93. The summed E-state index contributed by atoms with van der Waals surface area (Å²) in [6, 6.07) is 0. The van der Waals surface area contributed by atoms with Crippen LogP contribution in [0.2, 0.25) is 0 Å². The van der Waals surface area contributed by atoms with Gasteiger partial charge in [-0.3, -0.25) is 0 Å². The second kappa shape index (κ2) is 17.8. The van der Waals surface area contributed by atoms with Crippen molar-refractivity contribution in [3.05, 3.63) is 0 Å². The van der Waals surface area contributed by atoms with Crippen molar-refractivity contribution in [2.75, 3.05) is 5.88 Å². The molecule has 19 heavy (non-hydrogen) atoms. The second-order valence-corrected chi connectivity index (χ2v) is 5.75. The average Bonchev–Trinajstić information content (AvgIpc) is 2.43. The Morgan fingerprint density at radius 2 is 1.00 bits per heavy atom. The van der Waals surface area contributed by atoms with Crippen molar-refractivity contribution in [2.45, 2.75) is 96.8 Å². The van der Waals surface area contributed by atoms with Gasteiger partial charge in [0.25, 0.3) is 0 Å². The third kappa shape index (κ3) is 17.9. The van der Waals surface area contributed by atoms with Crippen LogP contribution in [0.3, 0.4) is 0 Å². The molecule has 0 radical (unpaired) electrons. The van der Waals surface area contributed by atoms with Gasteiger partial charge in [-0.05, 0) is 6.42 Å². The molecule has 0 aliphatic carbocycles. The maximum Gasteiger partial charge on any atom is 0.0835 e. The van der Waals surface area contributed by atoms with Gasteiger partial charge in [-0.15, -0.1) is 17.5 Å². The number of rotatable bonds is 13. The number of alkyl halides is 1. The van der Waals surface area contributed by atoms with Gasteiger partial charge in [0.15, 0.2) is 0 Å². The highest BCUT2D eigenvalue weighted by Crippen LogP contribution is 2.12. The Kier molecular flexibility index (Phi) is 17.7. The summed E-state index contributed by atoms with van der Waals surface area (Å²) in [6.07, 6.45) is 19.4. The first-order valence-electron chi connectivity index (χ1n) is 8.43. The third-order valence-electron chi connectivity index (χ3n) is 3.60. The summed E-state index contributed by atoms with van der Waals surface area (Å²) >= 11 is 5.49. The zero-order valence-electron chi connectivity index (χ0n) is 13.0. The van der Waals surface area contributed by atoms with E-state index < -0.39 is 0 Å². The number of halogens is 1. The van der Waals surface area contributed by atoms with Gasteiger partial charge >= 0.3 is 0 Å². The molecule has 0 aromatic heterocycles. The molecule has 0 saturated carbocycles. The van der Waals surface area contributed by atoms with Crippen LogP contribution < -0.4 is 0 Å². The molecule has 0 heterocycles. The molecular weight excluding hydrogens is 252 g/mol. The minimum Gasteiger partial charge on any atom is -0.113 e. The molecule has 0 amide bonds. The van der Waals surface area contributed by atoms with Gasteiger partial charge in [-0.1, -0.05) is 89.9 Å². The standard InChI is InChI=1S/C18H33Cl/c1-2-3-4-5-6-7-8-9-10-11-12-13-14-15-16-17-18-19/h2-15,18H2,1H3. The maximum absolute atomic E-state index is 5.49. The molecule has 0 rings (SSSR count). The highest BCUT2D eigenvalue weighted by molar-refractivity contribution is 6.19. The monoisotopic (exact) mass is 284 g/mol. The maximum atomic E-state index is 5.49. The van der Waals surface area contributed by atoms with Gasteiger partial charge in [-0.25, -0.2) is 0 Å². The summed E-state index contributed by atoms with van der Waals surface area (Å²) in [4.78, 5) is 0. The molecular formula is C18H33Cl. The van der Waals surface area contributed by atoms with E-state index in [1.807, 2.05) is 0 Å². The van der Waals surface area contributed by atoms with E-state index in [1.54, 1.807) is 0 Å². The van der Waals surface area contributed by atoms with E-state index in [1.165, 1.54) is 83.5 Å². The molecule has 0 N–H and O–H groups in total. The van der Waals surface area contributed by atoms with E-state index in [0.29, 0.717) is 5.88 Å². The lowest BCUT2D eigenvalue weighted by Gasteiger charge is -2.02. The lowest BCUT2D eigenvalue weighted by atomic mass is 10.0. The Bertz CT molecular complexity index is 211. The predicted octanol–water partition coefficient (Wildman–Crippen LogP) is 6.71. The fourth-order valence-corrected chi connectivity index (χ4v) is 2.46. The Hall–Kier alpha value is -0.150. The number of hydrogen-bond donors (Lipinski definition) is 0. The van der Waals surface area contributed by atoms with Gasteiger partial charge in [0, 0.05) is 6.42 Å². The minimum absolute atomic E-state index is 0.485. The van der Waals surface area contributed by atoms with E-state index >= 15 is 0 Å². The van der Waals surface area contributed by atoms with Crippen LogP contribution in [-0.2, 0) is 0 Å². The van der Waals surface area contributed by atoms with E-state index in [0.717, 1.165) is 6.42 Å². The zero-order chi connectivity index (χ0) is 14.0. The third-order valence-corrected chi connectivity index (χ3v) is 3.73. The van der Waals surface area contributed by atoms with E-state index in [-0.39, 0.29) is 0 Å². The van der Waals surface area contributed by atoms with Crippen LogP contribution in [0.4, 0.5) is 0 Å². The Labute approximate surface area is 126 Å². The molecule has 112 valence electrons. The molecule has 0 nitrogen and oxygen atoms in total. The van der Waals surface area contributed by atoms with Crippen LogP contribution in [0.25, 0.3) is 0 Å². The lowest BCUT2D eigenvalue weighted by molar-refractivity contribution is 0.540. The van der Waals surface area contributed by atoms with Crippen LogP contribution >= 0.6 is 11.6 Å². The van der Waals surface area contributed by atoms with Crippen LogP contribution in [-0.4, -0.2) is 5.88 Å². The summed E-state index contributed by atoms with van der Waals surface area (Å²) in [5, 5.41) is 0. The first-order chi connectivity index (χ1) is 9.41. The summed E-state index contributed by atoms with van der Waals surface area (Å²) < 4.78 is 0. The molecule has 0 unspecified atom stereocenters. The molecule has 0 aromatic rings. The molecule has 0 aliphatic rings. The van der Waals surface area contributed by atoms with E-state index in [2.05, 4.69) is 18.8 Å². The molecule has 0 spiro atoms. The van der Waals surface area contributed by atoms with E-state index in [9.17, 15) is 0 Å². The van der Waals surface area contributed by atoms with Crippen molar-refractivity contribution in [2.24, 2.45) is 0 Å². The molecule has 0 atom stereocenters. The van der Waals surface area contributed by atoms with Crippen molar-refractivity contribution in [1.29, 1.82) is 0 Å². The summed E-state index contributed by atoms with van der Waals surface area (Å²) in [5.41, 5.74) is 0. The Morgan fingerprint density at radius 3 is 1.42 bits per heavy atom. The lowest BCUT2D eigenvalue weighted by Crippen LogP contribution is -1.82. The first kappa shape index (κ1) is 18.9. The van der Waals surface area contributed by atoms with Crippen LogP contribution in [0.5, 0.6) is 0 Å². The van der Waals surface area contributed by atoms with Crippen molar-refractivity contribution >= 4 is 11.6 Å². The SMILES string of the molecule is CCCCCCCCCCCCCCCC#CCCl. The van der Waals surface area contributed by atoms with Crippen LogP contribution in [0.1, 0.15) is 96.8 Å². The zero-order valence-corrected chi connectivity index (χ0v) is 13.7. The van der Waals surface area contributed by atoms with Gasteiger partial charge in [-0.2, -0.15) is 0 Å². The fraction of sp³-hybridized carbons (Fsp3) is 0.889. The highest BCUT2D eigenvalue weighted by atomic mass is 35.5. The van der Waals surface area contributed by atoms with Crippen molar-refractivity contribution in [1.82, 2.24) is 0 Å². The summed E-state index contributed by atoms with van der Waals surface area (Å²) in [5.74, 6) is 6.48. The Balaban J connectivity index is 2.95. The Morgan fingerprint density at radius 1 is 0.579 bits per heavy atom. The molecule has 0 bridgehead atoms. The van der Waals surface area contributed by atoms with Crippen LogP contribution in [0, 0.1) is 11.8 Å². The molecule has 0 aromatic carbocycles. The van der Waals surface area contributed by atoms with Crippen molar-refractivity contribution in [3.63, 3.8) is 0 Å². The van der Waals surface area contributed by atoms with E-state index in [4.69, 9.17) is 11.6 Å². The van der Waals surface area contributed by atoms with Crippen molar-refractivity contribution in [3.8, 4) is 11.8 Å². The van der Waals surface area contributed by atoms with Gasteiger partial charge in [0.2, 0.25) is 0 Å². The smallest absolute Gasteiger partial charge is 0.0835 e. The summed E-state index contributed by atoms with van der Waals surface area (Å²) in [7, 11) is 0. The predicted molar refractivity (Wildman–Crippen MR) is 88.8 cm³/mol. The van der Waals surface area contributed by atoms with Gasteiger partial charge < -0.3 is 0 Å². The second-order valence-electron chi connectivity index (χ2n) is 5.48. The molecule has 1 heteroatoms. The average molecular weight is 285 g/mol. The largest absolute Gasteiger partial charge is 0.113 e. The number of hydrogen-bond acceptors (Lipinski definition) is 0. The number of unbranched alkanes of at least 4 members (excludes halogenated alkanes) is 13. The molecule has 0 fully saturated rings. The topological polar surface area (TPSA) is 0 Å². The molecule has 0 aliphatic heterocycles. The minimum atomic E-state index is 0.485. The normalized spacial score (nSPS) is 10.2. The molecule has 0 saturated heterocycles. The van der Waals surface area contributed by atoms with Gasteiger partial charge in [0.05, 0.1) is 5.88 Å². The quantitative estimate of drug-likeness (QED) is 0.200. The summed E-state index contributed by atoms with van der Waals surface area (Å²) in [6.45, 7) is 2.28. The van der Waals surface area contributed by atoms with Crippen LogP contribution in [0.15, 0.2) is 0 Å². The first-order valence-corrected chi connectivity index (χ1v) is 8.97.